The molecule has 3 rings (SSSR count). The van der Waals surface area contributed by atoms with Crippen molar-refractivity contribution in [3.8, 4) is 11.5 Å². The minimum atomic E-state index is -0.803. The molecule has 1 aromatic carbocycles. The molecule has 1 N–H and O–H groups in total. The lowest BCUT2D eigenvalue weighted by molar-refractivity contribution is -0.140. The van der Waals surface area contributed by atoms with E-state index in [1.165, 1.54) is 12.0 Å². The number of amides is 2. The predicted octanol–water partition coefficient (Wildman–Crippen LogP) is 0.144. The van der Waals surface area contributed by atoms with E-state index >= 15 is 0 Å². The second-order valence-corrected chi connectivity index (χ2v) is 5.19. The number of ether oxygens (including phenoxy) is 3. The van der Waals surface area contributed by atoms with Gasteiger partial charge in [0.05, 0.1) is 7.11 Å². The molecule has 8 nitrogen and oxygen atoms in total. The molecule has 2 aliphatic rings. The Balaban J connectivity index is 1.87. The van der Waals surface area contributed by atoms with Gasteiger partial charge in [0.25, 0.3) is 0 Å². The van der Waals surface area contributed by atoms with Gasteiger partial charge in [-0.2, -0.15) is 0 Å². The Bertz CT molecular complexity index is 715. The SMILES string of the molecule is COC(=O)/C=C/C(=O)N1CCNC(=O)C1c1ccc2c(c1)OCO2. The highest BCUT2D eigenvalue weighted by Crippen LogP contribution is 2.36. The molecule has 1 fully saturated rings. The fraction of sp³-hybridized carbons (Fsp3) is 0.312. The molecule has 2 amide bonds. The maximum atomic E-state index is 12.4. The zero-order valence-electron chi connectivity index (χ0n) is 13.0. The molecule has 24 heavy (non-hydrogen) atoms. The first-order valence-corrected chi connectivity index (χ1v) is 7.34. The highest BCUT2D eigenvalue weighted by atomic mass is 16.7. The van der Waals surface area contributed by atoms with E-state index in [1.807, 2.05) is 0 Å². The van der Waals surface area contributed by atoms with Crippen LogP contribution in [0.4, 0.5) is 0 Å². The summed E-state index contributed by atoms with van der Waals surface area (Å²) >= 11 is 0. The van der Waals surface area contributed by atoms with E-state index in [1.54, 1.807) is 18.2 Å². The second-order valence-electron chi connectivity index (χ2n) is 5.19. The van der Waals surface area contributed by atoms with Crippen molar-refractivity contribution in [3.05, 3.63) is 35.9 Å². The molecule has 1 aromatic rings. The van der Waals surface area contributed by atoms with Crippen molar-refractivity contribution >= 4 is 17.8 Å². The molecule has 126 valence electrons. The van der Waals surface area contributed by atoms with Gasteiger partial charge in [0.1, 0.15) is 6.04 Å². The normalized spacial score (nSPS) is 19.3. The number of nitrogens with one attached hydrogen (secondary N) is 1. The molecular formula is C16H16N2O6. The fourth-order valence-corrected chi connectivity index (χ4v) is 2.62. The number of benzene rings is 1. The number of esters is 1. The summed E-state index contributed by atoms with van der Waals surface area (Å²) in [5.41, 5.74) is 0.608. The van der Waals surface area contributed by atoms with Crippen molar-refractivity contribution in [1.82, 2.24) is 10.2 Å². The first-order valence-electron chi connectivity index (χ1n) is 7.34. The van der Waals surface area contributed by atoms with Crippen LogP contribution in [-0.2, 0) is 19.1 Å². The molecule has 2 heterocycles. The predicted molar refractivity (Wildman–Crippen MR) is 81.2 cm³/mol. The fourth-order valence-electron chi connectivity index (χ4n) is 2.62. The van der Waals surface area contributed by atoms with Crippen molar-refractivity contribution in [3.63, 3.8) is 0 Å². The van der Waals surface area contributed by atoms with E-state index in [0.29, 0.717) is 30.2 Å². The van der Waals surface area contributed by atoms with Gasteiger partial charge >= 0.3 is 5.97 Å². The third-order valence-electron chi connectivity index (χ3n) is 3.77. The van der Waals surface area contributed by atoms with Gasteiger partial charge in [-0.1, -0.05) is 6.07 Å². The number of hydrogen-bond donors (Lipinski definition) is 1. The van der Waals surface area contributed by atoms with Crippen LogP contribution < -0.4 is 14.8 Å². The van der Waals surface area contributed by atoms with Gasteiger partial charge in [-0.3, -0.25) is 9.59 Å². The van der Waals surface area contributed by atoms with Crippen LogP contribution in [-0.4, -0.2) is 49.7 Å². The summed E-state index contributed by atoms with van der Waals surface area (Å²) in [4.78, 5) is 37.2. The molecule has 2 aliphatic heterocycles. The number of piperazine rings is 1. The Labute approximate surface area is 138 Å². The van der Waals surface area contributed by atoms with E-state index in [9.17, 15) is 14.4 Å². The van der Waals surface area contributed by atoms with Crippen molar-refractivity contribution in [1.29, 1.82) is 0 Å². The van der Waals surface area contributed by atoms with Gasteiger partial charge in [0, 0.05) is 25.2 Å². The highest BCUT2D eigenvalue weighted by Gasteiger charge is 2.34. The smallest absolute Gasteiger partial charge is 0.330 e. The van der Waals surface area contributed by atoms with Gasteiger partial charge in [0.15, 0.2) is 11.5 Å². The number of methoxy groups -OCH3 is 1. The first-order chi connectivity index (χ1) is 11.6. The van der Waals surface area contributed by atoms with Crippen LogP contribution >= 0.6 is 0 Å². The molecule has 0 bridgehead atoms. The summed E-state index contributed by atoms with van der Waals surface area (Å²) in [5, 5.41) is 2.74. The molecule has 1 atom stereocenters. The zero-order valence-corrected chi connectivity index (χ0v) is 13.0. The molecule has 0 radical (unpaired) electrons. The van der Waals surface area contributed by atoms with Crippen molar-refractivity contribution in [2.75, 3.05) is 27.0 Å². The number of nitrogens with zero attached hydrogens (tertiary/aromatic N) is 1. The molecule has 0 saturated carbocycles. The zero-order chi connectivity index (χ0) is 17.1. The van der Waals surface area contributed by atoms with E-state index < -0.39 is 17.9 Å². The van der Waals surface area contributed by atoms with Gasteiger partial charge in [-0.05, 0) is 17.7 Å². The third kappa shape index (κ3) is 3.03. The Morgan fingerprint density at radius 1 is 1.29 bits per heavy atom. The van der Waals surface area contributed by atoms with Crippen molar-refractivity contribution in [2.24, 2.45) is 0 Å². The minimum absolute atomic E-state index is 0.125. The number of hydrogen-bond acceptors (Lipinski definition) is 6. The van der Waals surface area contributed by atoms with Crippen LogP contribution in [0.3, 0.4) is 0 Å². The Morgan fingerprint density at radius 3 is 2.88 bits per heavy atom. The van der Waals surface area contributed by atoms with Crippen molar-refractivity contribution < 1.29 is 28.6 Å². The van der Waals surface area contributed by atoms with E-state index in [-0.39, 0.29) is 12.7 Å². The summed E-state index contributed by atoms with van der Waals surface area (Å²) in [6, 6.07) is 4.30. The summed E-state index contributed by atoms with van der Waals surface area (Å²) in [6.45, 7) is 0.799. The van der Waals surface area contributed by atoms with Crippen LogP contribution in [0.25, 0.3) is 0 Å². The quantitative estimate of drug-likeness (QED) is 0.625. The van der Waals surface area contributed by atoms with Gasteiger partial charge in [0.2, 0.25) is 18.6 Å². The lowest BCUT2D eigenvalue weighted by Crippen LogP contribution is -2.51. The van der Waals surface area contributed by atoms with Crippen LogP contribution in [0.2, 0.25) is 0 Å². The molecule has 1 saturated heterocycles. The first kappa shape index (κ1) is 15.9. The molecule has 0 spiro atoms. The molecule has 1 unspecified atom stereocenters. The van der Waals surface area contributed by atoms with E-state index in [0.717, 1.165) is 12.2 Å². The van der Waals surface area contributed by atoms with E-state index in [2.05, 4.69) is 10.1 Å². The van der Waals surface area contributed by atoms with Crippen LogP contribution in [0, 0.1) is 0 Å². The lowest BCUT2D eigenvalue weighted by Gasteiger charge is -2.34. The minimum Gasteiger partial charge on any atom is -0.466 e. The number of fused-ring (bicyclic) bond motifs is 1. The van der Waals surface area contributed by atoms with Crippen LogP contribution in [0.15, 0.2) is 30.4 Å². The molecule has 0 aromatic heterocycles. The topological polar surface area (TPSA) is 94.2 Å². The monoisotopic (exact) mass is 332 g/mol. The molecule has 8 heteroatoms. The van der Waals surface area contributed by atoms with Gasteiger partial charge in [-0.15, -0.1) is 0 Å². The van der Waals surface area contributed by atoms with Gasteiger partial charge in [-0.25, -0.2) is 4.79 Å². The lowest BCUT2D eigenvalue weighted by atomic mass is 10.0. The van der Waals surface area contributed by atoms with Crippen LogP contribution in [0.5, 0.6) is 11.5 Å². The Kier molecular flexibility index (Phi) is 4.37. The number of carbonyl (C=O) groups is 3. The maximum Gasteiger partial charge on any atom is 0.330 e. The Morgan fingerprint density at radius 2 is 2.08 bits per heavy atom. The molecule has 0 aliphatic carbocycles. The summed E-state index contributed by atoms with van der Waals surface area (Å²) in [7, 11) is 1.22. The third-order valence-corrected chi connectivity index (χ3v) is 3.77. The van der Waals surface area contributed by atoms with Gasteiger partial charge < -0.3 is 24.4 Å². The standard InChI is InChI=1S/C16H16N2O6/c1-22-14(20)5-4-13(19)18-7-6-17-16(21)15(18)10-2-3-11-12(8-10)24-9-23-11/h2-5,8,15H,6-7,9H2,1H3,(H,17,21)/b5-4+. The second kappa shape index (κ2) is 6.61. The largest absolute Gasteiger partial charge is 0.466 e. The van der Waals surface area contributed by atoms with E-state index in [4.69, 9.17) is 9.47 Å². The Hall–Kier alpha value is -3.03. The summed E-state index contributed by atoms with van der Waals surface area (Å²) in [5.74, 6) is -0.246. The summed E-state index contributed by atoms with van der Waals surface area (Å²) < 4.78 is 15.0. The number of carbonyl (C=O) groups excluding carboxylic acids is 3. The maximum absolute atomic E-state index is 12.4. The van der Waals surface area contributed by atoms with Crippen LogP contribution in [0.1, 0.15) is 11.6 Å². The summed E-state index contributed by atoms with van der Waals surface area (Å²) in [6.07, 6.45) is 2.13. The number of rotatable bonds is 3. The van der Waals surface area contributed by atoms with Crippen molar-refractivity contribution in [2.45, 2.75) is 6.04 Å². The molecular weight excluding hydrogens is 316 g/mol. The average molecular weight is 332 g/mol. The highest BCUT2D eigenvalue weighted by molar-refractivity contribution is 5.98. The average Bonchev–Trinajstić information content (AvgIpc) is 3.06.